The van der Waals surface area contributed by atoms with Crippen molar-refractivity contribution < 1.29 is 14.6 Å². The Labute approximate surface area is 158 Å². The van der Waals surface area contributed by atoms with E-state index in [1.54, 1.807) is 6.26 Å². The van der Waals surface area contributed by atoms with Crippen molar-refractivity contribution >= 4 is 18.7 Å². The minimum absolute atomic E-state index is 0.0515. The zero-order valence-electron chi connectivity index (χ0n) is 16.0. The highest BCUT2D eigenvalue weighted by Gasteiger charge is 2.51. The molecule has 2 rings (SSSR count). The molecule has 0 radical (unpaired) electrons. The Balaban J connectivity index is 2.62. The summed E-state index contributed by atoms with van der Waals surface area (Å²) in [6.07, 6.45) is 2.82. The fraction of sp³-hybridized carbons (Fsp3) is 0.364. The summed E-state index contributed by atoms with van der Waals surface area (Å²) >= 11 is 0. The molecule has 26 heavy (non-hydrogen) atoms. The smallest absolute Gasteiger partial charge is 0.319 e. The Kier molecular flexibility index (Phi) is 7.20. The Morgan fingerprint density at radius 3 is 1.62 bits per heavy atom. The van der Waals surface area contributed by atoms with Crippen molar-refractivity contribution in [2.75, 3.05) is 13.2 Å². The molecule has 0 spiro atoms. The van der Waals surface area contributed by atoms with Crippen molar-refractivity contribution in [1.82, 2.24) is 0 Å². The maximum absolute atomic E-state index is 9.32. The average Bonchev–Trinajstić information content (AvgIpc) is 2.63. The number of hydrogen-bond acceptors (Lipinski definition) is 3. The highest BCUT2D eigenvalue weighted by Crippen LogP contribution is 2.37. The number of hydrogen-bond donors (Lipinski definition) is 2. The van der Waals surface area contributed by atoms with Gasteiger partial charge in [0.2, 0.25) is 0 Å². The van der Waals surface area contributed by atoms with Crippen molar-refractivity contribution in [2.45, 2.75) is 38.7 Å². The first-order chi connectivity index (χ1) is 12.5. The van der Waals surface area contributed by atoms with Crippen LogP contribution in [0.1, 0.15) is 33.6 Å². The largest absolute Gasteiger partial charge is 0.540 e. The van der Waals surface area contributed by atoms with Crippen molar-refractivity contribution in [2.24, 2.45) is 0 Å². The number of aliphatic hydroxyl groups excluding tert-OH is 2. The van der Waals surface area contributed by atoms with Gasteiger partial charge in [-0.25, -0.2) is 0 Å². The molecular weight excluding hydrogens is 340 g/mol. The van der Waals surface area contributed by atoms with Crippen LogP contribution >= 0.6 is 0 Å². The lowest BCUT2D eigenvalue weighted by atomic mass is 10.1. The fourth-order valence-electron chi connectivity index (χ4n) is 3.39. The molecule has 0 fully saturated rings. The maximum atomic E-state index is 9.32. The van der Waals surface area contributed by atoms with Gasteiger partial charge in [-0.3, -0.25) is 0 Å². The minimum atomic E-state index is -2.61. The van der Waals surface area contributed by atoms with Gasteiger partial charge in [0.05, 0.1) is 6.26 Å². The van der Waals surface area contributed by atoms with E-state index in [-0.39, 0.29) is 18.3 Å². The van der Waals surface area contributed by atoms with Crippen LogP contribution in [-0.4, -0.2) is 31.7 Å². The predicted octanol–water partition coefficient (Wildman–Crippen LogP) is 3.21. The van der Waals surface area contributed by atoms with Crippen LogP contribution in [0.2, 0.25) is 5.04 Å². The quantitative estimate of drug-likeness (QED) is 0.554. The molecule has 0 amide bonds. The van der Waals surface area contributed by atoms with E-state index < -0.39 is 8.32 Å². The molecule has 0 aliphatic rings. The van der Waals surface area contributed by atoms with E-state index in [0.29, 0.717) is 12.8 Å². The molecular formula is C22H30O3Si. The second kappa shape index (κ2) is 9.17. The molecule has 140 valence electrons. The van der Waals surface area contributed by atoms with E-state index in [1.165, 1.54) is 10.4 Å². The van der Waals surface area contributed by atoms with Gasteiger partial charge in [-0.2, -0.15) is 0 Å². The molecule has 2 N–H and O–H groups in total. The Morgan fingerprint density at radius 1 is 0.846 bits per heavy atom. The Bertz CT molecular complexity index is 643. The van der Waals surface area contributed by atoms with E-state index in [2.05, 4.69) is 69.3 Å². The minimum Gasteiger partial charge on any atom is -0.540 e. The van der Waals surface area contributed by atoms with Crippen LogP contribution in [0.3, 0.4) is 0 Å². The molecule has 3 nitrogen and oxygen atoms in total. The summed E-state index contributed by atoms with van der Waals surface area (Å²) in [7, 11) is -2.61. The van der Waals surface area contributed by atoms with Crippen LogP contribution in [-0.2, 0) is 4.43 Å². The van der Waals surface area contributed by atoms with Gasteiger partial charge in [0.25, 0.3) is 0 Å². The molecule has 0 aromatic heterocycles. The summed E-state index contributed by atoms with van der Waals surface area (Å²) in [5, 5.41) is 21.0. The standard InChI is InChI=1S/C22H30O3Si/c1-22(2,3)26(20-10-6-4-7-11-20,21-12-8-5-9-13-21)25-18-19(14-16-23)15-17-24/h4-13,18,23-24H,14-17H2,1-3H3. The van der Waals surface area contributed by atoms with Gasteiger partial charge in [-0.15, -0.1) is 0 Å². The summed E-state index contributed by atoms with van der Waals surface area (Å²) < 4.78 is 6.69. The van der Waals surface area contributed by atoms with Crippen LogP contribution in [0, 0.1) is 0 Å². The highest BCUT2D eigenvalue weighted by molar-refractivity contribution is 6.99. The summed E-state index contributed by atoms with van der Waals surface area (Å²) in [6.45, 7) is 6.78. The van der Waals surface area contributed by atoms with Gasteiger partial charge >= 0.3 is 8.32 Å². The number of benzene rings is 2. The van der Waals surface area contributed by atoms with Gasteiger partial charge < -0.3 is 14.6 Å². The first kappa shape index (κ1) is 20.4. The van der Waals surface area contributed by atoms with Crippen LogP contribution < -0.4 is 10.4 Å². The molecule has 2 aromatic rings. The number of aliphatic hydroxyl groups is 2. The molecule has 0 saturated carbocycles. The first-order valence-corrected chi connectivity index (χ1v) is 11.0. The monoisotopic (exact) mass is 370 g/mol. The van der Waals surface area contributed by atoms with Crippen LogP contribution in [0.15, 0.2) is 72.5 Å². The van der Waals surface area contributed by atoms with Crippen LogP contribution in [0.4, 0.5) is 0 Å². The van der Waals surface area contributed by atoms with Crippen molar-refractivity contribution in [1.29, 1.82) is 0 Å². The number of rotatable bonds is 8. The van der Waals surface area contributed by atoms with E-state index in [4.69, 9.17) is 4.43 Å². The molecule has 0 unspecified atom stereocenters. The normalized spacial score (nSPS) is 11.9. The van der Waals surface area contributed by atoms with Crippen molar-refractivity contribution in [3.63, 3.8) is 0 Å². The lowest BCUT2D eigenvalue weighted by molar-refractivity contribution is 0.277. The second-order valence-electron chi connectivity index (χ2n) is 7.50. The maximum Gasteiger partial charge on any atom is 0.319 e. The second-order valence-corrected chi connectivity index (χ2v) is 11.8. The molecule has 4 heteroatoms. The Morgan fingerprint density at radius 2 is 1.27 bits per heavy atom. The van der Waals surface area contributed by atoms with Gasteiger partial charge in [-0.1, -0.05) is 81.4 Å². The van der Waals surface area contributed by atoms with Crippen LogP contribution in [0.5, 0.6) is 0 Å². The highest BCUT2D eigenvalue weighted by atomic mass is 28.4. The summed E-state index contributed by atoms with van der Waals surface area (Å²) in [5.74, 6) is 0. The zero-order valence-corrected chi connectivity index (χ0v) is 17.0. The summed E-state index contributed by atoms with van der Waals surface area (Å²) in [6, 6.07) is 20.9. The molecule has 0 heterocycles. The fourth-order valence-corrected chi connectivity index (χ4v) is 7.75. The van der Waals surface area contributed by atoms with Crippen molar-refractivity contribution in [3.05, 3.63) is 72.5 Å². The van der Waals surface area contributed by atoms with Crippen LogP contribution in [0.25, 0.3) is 0 Å². The zero-order chi connectivity index (χ0) is 19.0. The SMILES string of the molecule is CC(C)(C)[Si](OC=C(CCO)CCO)(c1ccccc1)c1ccccc1. The van der Waals surface area contributed by atoms with E-state index in [9.17, 15) is 10.2 Å². The molecule has 2 aromatic carbocycles. The molecule has 0 atom stereocenters. The lowest BCUT2D eigenvalue weighted by Gasteiger charge is -2.42. The van der Waals surface area contributed by atoms with Gasteiger partial charge in [-0.05, 0) is 33.8 Å². The average molecular weight is 371 g/mol. The third-order valence-electron chi connectivity index (χ3n) is 4.69. The molecule has 0 aliphatic heterocycles. The summed E-state index contributed by atoms with van der Waals surface area (Å²) in [4.78, 5) is 0. The third kappa shape index (κ3) is 4.44. The molecule has 0 saturated heterocycles. The lowest BCUT2D eigenvalue weighted by Crippen LogP contribution is -2.65. The predicted molar refractivity (Wildman–Crippen MR) is 110 cm³/mol. The third-order valence-corrected chi connectivity index (χ3v) is 9.56. The van der Waals surface area contributed by atoms with Crippen molar-refractivity contribution in [3.8, 4) is 0 Å². The Hall–Kier alpha value is -1.88. The van der Waals surface area contributed by atoms with E-state index in [1.807, 2.05) is 12.1 Å². The summed E-state index contributed by atoms with van der Waals surface area (Å²) in [5.41, 5.74) is 0.933. The molecule has 0 bridgehead atoms. The first-order valence-electron chi connectivity index (χ1n) is 9.14. The van der Waals surface area contributed by atoms with E-state index in [0.717, 1.165) is 5.57 Å². The topological polar surface area (TPSA) is 49.7 Å². The molecule has 0 aliphatic carbocycles. The van der Waals surface area contributed by atoms with E-state index >= 15 is 0 Å². The van der Waals surface area contributed by atoms with Gasteiger partial charge in [0.15, 0.2) is 0 Å². The van der Waals surface area contributed by atoms with Gasteiger partial charge in [0.1, 0.15) is 0 Å². The van der Waals surface area contributed by atoms with Gasteiger partial charge in [0, 0.05) is 13.2 Å².